The van der Waals surface area contributed by atoms with Crippen molar-refractivity contribution in [3.05, 3.63) is 40.1 Å². The zero-order chi connectivity index (χ0) is 16.6. The average molecular weight is 333 g/mol. The van der Waals surface area contributed by atoms with Crippen LogP contribution in [0, 0.1) is 12.8 Å². The van der Waals surface area contributed by atoms with Gasteiger partial charge in [-0.2, -0.15) is 0 Å². The van der Waals surface area contributed by atoms with Crippen LogP contribution in [0.15, 0.2) is 29.5 Å². The molecule has 6 heteroatoms. The Hall–Kier alpha value is -2.14. The third-order valence-corrected chi connectivity index (χ3v) is 4.65. The number of carbonyl (C=O) groups is 3. The maximum absolute atomic E-state index is 12.6. The van der Waals surface area contributed by atoms with Crippen molar-refractivity contribution in [2.75, 3.05) is 5.32 Å². The number of halogens is 1. The van der Waals surface area contributed by atoms with E-state index in [1.165, 1.54) is 0 Å². The minimum absolute atomic E-state index is 0.00397. The number of aryl methyl sites for hydroxylation is 1. The molecule has 1 aromatic carbocycles. The molecule has 3 rings (SSSR count). The highest BCUT2D eigenvalue weighted by Crippen LogP contribution is 2.32. The number of carbonyl (C=O) groups excluding carboxylic acids is 3. The number of rotatable bonds is 2. The monoisotopic (exact) mass is 332 g/mol. The number of allylic oxidation sites excluding steroid dienone is 1. The Balaban J connectivity index is 1.86. The van der Waals surface area contributed by atoms with Gasteiger partial charge in [-0.05, 0) is 37.5 Å². The Kier molecular flexibility index (Phi) is 4.22. The van der Waals surface area contributed by atoms with Crippen LogP contribution >= 0.6 is 11.6 Å². The number of anilines is 1. The first-order valence-corrected chi connectivity index (χ1v) is 7.96. The van der Waals surface area contributed by atoms with Crippen molar-refractivity contribution in [2.45, 2.75) is 32.6 Å². The summed E-state index contributed by atoms with van der Waals surface area (Å²) in [6.45, 7) is 1.87. The molecular formula is C17H17ClN2O3. The maximum atomic E-state index is 12.6. The molecule has 0 radical (unpaired) electrons. The van der Waals surface area contributed by atoms with E-state index in [1.807, 2.05) is 13.0 Å². The number of Topliss-reactive ketones (excluding diaryl/α,β-unsaturated/α-hetero) is 1. The third-order valence-electron chi connectivity index (χ3n) is 4.24. The van der Waals surface area contributed by atoms with Gasteiger partial charge in [-0.25, -0.2) is 0 Å². The van der Waals surface area contributed by atoms with Gasteiger partial charge in [0.05, 0.1) is 5.92 Å². The summed E-state index contributed by atoms with van der Waals surface area (Å²) < 4.78 is 0. The largest absolute Gasteiger partial charge is 0.329 e. The van der Waals surface area contributed by atoms with Crippen LogP contribution in [0.2, 0.25) is 5.02 Å². The number of hydrogen-bond donors (Lipinski definition) is 2. The molecule has 0 saturated heterocycles. The first-order valence-electron chi connectivity index (χ1n) is 7.59. The van der Waals surface area contributed by atoms with Gasteiger partial charge in [0.25, 0.3) is 0 Å². The molecule has 0 spiro atoms. The number of hydrogen-bond acceptors (Lipinski definition) is 3. The fourth-order valence-electron chi connectivity index (χ4n) is 3.03. The van der Waals surface area contributed by atoms with E-state index in [-0.39, 0.29) is 24.0 Å². The lowest BCUT2D eigenvalue weighted by atomic mass is 9.81. The molecule has 120 valence electrons. The minimum Gasteiger partial charge on any atom is -0.329 e. The first kappa shape index (κ1) is 15.7. The van der Waals surface area contributed by atoms with E-state index >= 15 is 0 Å². The second-order valence-corrected chi connectivity index (χ2v) is 6.33. The zero-order valence-corrected chi connectivity index (χ0v) is 13.5. The van der Waals surface area contributed by atoms with Crippen molar-refractivity contribution in [3.63, 3.8) is 0 Å². The van der Waals surface area contributed by atoms with E-state index in [2.05, 4.69) is 10.6 Å². The van der Waals surface area contributed by atoms with E-state index < -0.39 is 5.92 Å². The molecule has 1 heterocycles. The minimum atomic E-state index is -0.730. The molecule has 0 aromatic heterocycles. The van der Waals surface area contributed by atoms with Gasteiger partial charge in [-0.3, -0.25) is 14.4 Å². The summed E-state index contributed by atoms with van der Waals surface area (Å²) in [7, 11) is 0. The number of benzene rings is 1. The van der Waals surface area contributed by atoms with E-state index in [9.17, 15) is 14.4 Å². The lowest BCUT2D eigenvalue weighted by Crippen LogP contribution is -2.41. The fourth-order valence-corrected chi connectivity index (χ4v) is 3.21. The van der Waals surface area contributed by atoms with Gasteiger partial charge in [0.15, 0.2) is 5.78 Å². The van der Waals surface area contributed by atoms with Gasteiger partial charge in [0.2, 0.25) is 11.8 Å². The molecule has 2 amide bonds. The van der Waals surface area contributed by atoms with E-state index in [1.54, 1.807) is 12.1 Å². The first-order chi connectivity index (χ1) is 11.0. The van der Waals surface area contributed by atoms with Gasteiger partial charge in [0, 0.05) is 34.8 Å². The molecule has 0 fully saturated rings. The molecule has 2 N–H and O–H groups in total. The molecule has 2 aliphatic rings. The van der Waals surface area contributed by atoms with Crippen molar-refractivity contribution in [3.8, 4) is 0 Å². The Morgan fingerprint density at radius 2 is 2.09 bits per heavy atom. The van der Waals surface area contributed by atoms with Crippen LogP contribution < -0.4 is 10.6 Å². The van der Waals surface area contributed by atoms with E-state index in [0.29, 0.717) is 41.2 Å². The Morgan fingerprint density at radius 1 is 1.30 bits per heavy atom. The topological polar surface area (TPSA) is 75.3 Å². The van der Waals surface area contributed by atoms with E-state index in [0.717, 1.165) is 5.56 Å². The van der Waals surface area contributed by atoms with Gasteiger partial charge in [-0.15, -0.1) is 0 Å². The molecule has 1 aromatic rings. The summed E-state index contributed by atoms with van der Waals surface area (Å²) >= 11 is 6.06. The maximum Gasteiger partial charge on any atom is 0.232 e. The Labute approximate surface area is 139 Å². The molecule has 1 aliphatic carbocycles. The SMILES string of the molecule is Cc1ccc(NC(=O)C2CC(=O)NC3=C2C(=O)CCC3)cc1Cl. The molecule has 1 atom stereocenters. The number of amides is 2. The van der Waals surface area contributed by atoms with Crippen LogP contribution in [-0.2, 0) is 14.4 Å². The van der Waals surface area contributed by atoms with Crippen molar-refractivity contribution in [2.24, 2.45) is 5.92 Å². The molecule has 0 saturated carbocycles. The average Bonchev–Trinajstić information content (AvgIpc) is 2.50. The van der Waals surface area contributed by atoms with Gasteiger partial charge < -0.3 is 10.6 Å². The van der Waals surface area contributed by atoms with Crippen LogP contribution in [0.25, 0.3) is 0 Å². The zero-order valence-electron chi connectivity index (χ0n) is 12.7. The normalized spacial score (nSPS) is 20.9. The number of nitrogens with one attached hydrogen (secondary N) is 2. The van der Waals surface area contributed by atoms with Gasteiger partial charge in [-0.1, -0.05) is 17.7 Å². The Bertz CT molecular complexity index is 739. The molecule has 1 unspecified atom stereocenters. The molecular weight excluding hydrogens is 316 g/mol. The molecule has 23 heavy (non-hydrogen) atoms. The predicted octanol–water partition coefficient (Wildman–Crippen LogP) is 2.73. The van der Waals surface area contributed by atoms with Crippen LogP contribution in [0.1, 0.15) is 31.2 Å². The molecule has 1 aliphatic heterocycles. The molecule has 5 nitrogen and oxygen atoms in total. The third kappa shape index (κ3) is 3.15. The summed E-state index contributed by atoms with van der Waals surface area (Å²) in [6.07, 6.45) is 1.76. The summed E-state index contributed by atoms with van der Waals surface area (Å²) in [5.41, 5.74) is 2.54. The van der Waals surface area contributed by atoms with Crippen LogP contribution in [-0.4, -0.2) is 17.6 Å². The predicted molar refractivity (Wildman–Crippen MR) is 87.0 cm³/mol. The standard InChI is InChI=1S/C17H17ClN2O3/c1-9-5-6-10(7-12(9)18)19-17(23)11-8-15(22)20-13-3-2-4-14(21)16(11)13/h5-7,11H,2-4,8H2,1H3,(H,19,23)(H,20,22). The van der Waals surface area contributed by atoms with Crippen molar-refractivity contribution in [1.82, 2.24) is 5.32 Å². The van der Waals surface area contributed by atoms with Crippen LogP contribution in [0.5, 0.6) is 0 Å². The molecule has 0 bridgehead atoms. The Morgan fingerprint density at radius 3 is 2.83 bits per heavy atom. The highest BCUT2D eigenvalue weighted by atomic mass is 35.5. The summed E-state index contributed by atoms with van der Waals surface area (Å²) in [4.78, 5) is 36.6. The highest BCUT2D eigenvalue weighted by Gasteiger charge is 2.37. The van der Waals surface area contributed by atoms with Crippen LogP contribution in [0.3, 0.4) is 0 Å². The summed E-state index contributed by atoms with van der Waals surface area (Å²) in [5.74, 6) is -1.34. The second kappa shape index (κ2) is 6.16. The second-order valence-electron chi connectivity index (χ2n) is 5.93. The summed E-state index contributed by atoms with van der Waals surface area (Å²) in [5, 5.41) is 6.05. The quantitative estimate of drug-likeness (QED) is 0.874. The van der Waals surface area contributed by atoms with Crippen molar-refractivity contribution in [1.29, 1.82) is 0 Å². The number of ketones is 1. The summed E-state index contributed by atoms with van der Waals surface area (Å²) in [6, 6.07) is 5.22. The smallest absolute Gasteiger partial charge is 0.232 e. The van der Waals surface area contributed by atoms with Crippen LogP contribution in [0.4, 0.5) is 5.69 Å². The lowest BCUT2D eigenvalue weighted by Gasteiger charge is -2.30. The van der Waals surface area contributed by atoms with Crippen molar-refractivity contribution < 1.29 is 14.4 Å². The highest BCUT2D eigenvalue weighted by molar-refractivity contribution is 6.31. The van der Waals surface area contributed by atoms with Gasteiger partial charge >= 0.3 is 0 Å². The van der Waals surface area contributed by atoms with Gasteiger partial charge in [0.1, 0.15) is 0 Å². The van der Waals surface area contributed by atoms with E-state index in [4.69, 9.17) is 11.6 Å². The lowest BCUT2D eigenvalue weighted by molar-refractivity contribution is -0.128. The fraction of sp³-hybridized carbons (Fsp3) is 0.353. The van der Waals surface area contributed by atoms with Crippen molar-refractivity contribution >= 4 is 34.9 Å².